The number of piperazine rings is 1. The van der Waals surface area contributed by atoms with Gasteiger partial charge in [0.15, 0.2) is 12.4 Å². The van der Waals surface area contributed by atoms with E-state index < -0.39 is 32.2 Å². The fourth-order valence-electron chi connectivity index (χ4n) is 3.74. The first-order valence-corrected chi connectivity index (χ1v) is 11.6. The van der Waals surface area contributed by atoms with Gasteiger partial charge in [0.25, 0.3) is 16.0 Å². The molecule has 0 bridgehead atoms. The molecule has 1 heterocycles. The van der Waals surface area contributed by atoms with Crippen molar-refractivity contribution in [2.45, 2.75) is 37.4 Å². The third kappa shape index (κ3) is 6.03. The van der Waals surface area contributed by atoms with Gasteiger partial charge in [0.1, 0.15) is 10.7 Å². The monoisotopic (exact) mass is 481 g/mol. The second kappa shape index (κ2) is 9.81. The fourth-order valence-corrected chi connectivity index (χ4v) is 4.24. The Morgan fingerprint density at radius 2 is 1.85 bits per heavy atom. The zero-order valence-corrected chi connectivity index (χ0v) is 18.9. The zero-order valence-electron chi connectivity index (χ0n) is 18.0. The van der Waals surface area contributed by atoms with Gasteiger partial charge in [0, 0.05) is 37.8 Å². The molecule has 1 aliphatic heterocycles. The van der Waals surface area contributed by atoms with Crippen LogP contribution < -0.4 is 4.74 Å². The van der Waals surface area contributed by atoms with Crippen LogP contribution in [0, 0.1) is 15.9 Å². The van der Waals surface area contributed by atoms with Gasteiger partial charge in [-0.1, -0.05) is 12.1 Å². The van der Waals surface area contributed by atoms with Gasteiger partial charge in [-0.3, -0.25) is 24.4 Å². The lowest BCUT2D eigenvalue weighted by Gasteiger charge is -2.44. The van der Waals surface area contributed by atoms with Crippen LogP contribution in [0.2, 0.25) is 0 Å². The molecule has 2 aromatic carbocycles. The smallest absolute Gasteiger partial charge is 0.312 e. The van der Waals surface area contributed by atoms with Crippen LogP contribution in [-0.4, -0.2) is 65.4 Å². The van der Waals surface area contributed by atoms with E-state index in [1.807, 2.05) is 13.8 Å². The molecule has 0 radical (unpaired) electrons. The molecule has 3 rings (SSSR count). The van der Waals surface area contributed by atoms with Crippen molar-refractivity contribution in [1.29, 1.82) is 0 Å². The van der Waals surface area contributed by atoms with Crippen LogP contribution >= 0.6 is 0 Å². The van der Waals surface area contributed by atoms with Crippen molar-refractivity contribution in [3.05, 3.63) is 64.0 Å². The molecule has 0 unspecified atom stereocenters. The molecule has 0 aliphatic carbocycles. The number of nitrogens with zero attached hydrogens (tertiary/aromatic N) is 3. The lowest BCUT2D eigenvalue weighted by molar-refractivity contribution is -0.386. The number of carbonyl (C=O) groups is 1. The Balaban J connectivity index is 1.64. The SMILES string of the molecule is C[C@@H]1CN(C(=O)COc2ccc(S(=O)(=O)O)cc2[N+](=O)[O-])[C@@H](C)CN1Cc1ccc(F)cc1. The summed E-state index contributed by atoms with van der Waals surface area (Å²) in [5.41, 5.74) is 0.280. The van der Waals surface area contributed by atoms with Gasteiger partial charge in [0.2, 0.25) is 0 Å². The molecule has 1 N–H and O–H groups in total. The van der Waals surface area contributed by atoms with E-state index in [0.29, 0.717) is 25.7 Å². The first kappa shape index (κ1) is 24.6. The Hall–Kier alpha value is -3.09. The molecule has 10 nitrogen and oxygen atoms in total. The lowest BCUT2D eigenvalue weighted by Crippen LogP contribution is -2.58. The Morgan fingerprint density at radius 3 is 2.45 bits per heavy atom. The third-order valence-electron chi connectivity index (χ3n) is 5.51. The second-order valence-electron chi connectivity index (χ2n) is 7.95. The van der Waals surface area contributed by atoms with E-state index in [9.17, 15) is 27.7 Å². The van der Waals surface area contributed by atoms with Crippen LogP contribution in [-0.2, 0) is 21.5 Å². The minimum absolute atomic E-state index is 0.0126. The first-order valence-electron chi connectivity index (χ1n) is 10.1. The minimum Gasteiger partial charge on any atom is -0.477 e. The average Bonchev–Trinajstić information content (AvgIpc) is 2.75. The molecule has 0 spiro atoms. The highest BCUT2D eigenvalue weighted by Gasteiger charge is 2.32. The molecule has 1 aliphatic rings. The number of nitro benzene ring substituents is 1. The highest BCUT2D eigenvalue weighted by molar-refractivity contribution is 7.85. The Morgan fingerprint density at radius 1 is 1.18 bits per heavy atom. The van der Waals surface area contributed by atoms with E-state index in [2.05, 4.69) is 4.90 Å². The van der Waals surface area contributed by atoms with Gasteiger partial charge in [-0.25, -0.2) is 4.39 Å². The molecule has 178 valence electrons. The number of nitro groups is 1. The zero-order chi connectivity index (χ0) is 24.3. The van der Waals surface area contributed by atoms with Crippen LogP contribution in [0.4, 0.5) is 10.1 Å². The largest absolute Gasteiger partial charge is 0.477 e. The highest BCUT2D eigenvalue weighted by atomic mass is 32.2. The summed E-state index contributed by atoms with van der Waals surface area (Å²) in [5, 5.41) is 11.3. The first-order chi connectivity index (χ1) is 15.5. The quantitative estimate of drug-likeness (QED) is 0.363. The number of amides is 1. The molecule has 0 aromatic heterocycles. The van der Waals surface area contributed by atoms with Gasteiger partial charge >= 0.3 is 5.69 Å². The van der Waals surface area contributed by atoms with E-state index >= 15 is 0 Å². The predicted molar refractivity (Wildman–Crippen MR) is 116 cm³/mol. The summed E-state index contributed by atoms with van der Waals surface area (Å²) >= 11 is 0. The maximum absolute atomic E-state index is 13.1. The van der Waals surface area contributed by atoms with Crippen molar-refractivity contribution in [1.82, 2.24) is 9.80 Å². The molecule has 33 heavy (non-hydrogen) atoms. The van der Waals surface area contributed by atoms with Crippen LogP contribution in [0.25, 0.3) is 0 Å². The topological polar surface area (TPSA) is 130 Å². The predicted octanol–water partition coefficient (Wildman–Crippen LogP) is 2.48. The summed E-state index contributed by atoms with van der Waals surface area (Å²) in [6, 6.07) is 8.77. The number of hydrogen-bond donors (Lipinski definition) is 1. The number of ether oxygens (including phenoxy) is 1. The number of hydrogen-bond acceptors (Lipinski definition) is 7. The summed E-state index contributed by atoms with van der Waals surface area (Å²) in [4.78, 5) is 26.4. The molecular weight excluding hydrogens is 457 g/mol. The summed E-state index contributed by atoms with van der Waals surface area (Å²) in [5.74, 6) is -0.955. The van der Waals surface area contributed by atoms with E-state index in [4.69, 9.17) is 9.29 Å². The highest BCUT2D eigenvalue weighted by Crippen LogP contribution is 2.30. The molecule has 1 fully saturated rings. The number of carbonyl (C=O) groups excluding carboxylic acids is 1. The van der Waals surface area contributed by atoms with Crippen molar-refractivity contribution in [2.75, 3.05) is 19.7 Å². The minimum atomic E-state index is -4.63. The molecule has 2 aromatic rings. The van der Waals surface area contributed by atoms with Gasteiger partial charge in [-0.05, 0) is 43.7 Å². The normalized spacial score (nSPS) is 19.3. The summed E-state index contributed by atoms with van der Waals surface area (Å²) in [6.07, 6.45) is 0. The van der Waals surface area contributed by atoms with Crippen LogP contribution in [0.5, 0.6) is 5.75 Å². The van der Waals surface area contributed by atoms with Crippen molar-refractivity contribution < 1.29 is 31.8 Å². The van der Waals surface area contributed by atoms with E-state index in [1.165, 1.54) is 12.1 Å². The van der Waals surface area contributed by atoms with Crippen molar-refractivity contribution in [3.8, 4) is 5.75 Å². The van der Waals surface area contributed by atoms with Crippen molar-refractivity contribution in [2.24, 2.45) is 0 Å². The Labute approximate surface area is 190 Å². The molecular formula is C21H24FN3O7S. The molecule has 12 heteroatoms. The molecule has 1 saturated heterocycles. The average molecular weight is 482 g/mol. The van der Waals surface area contributed by atoms with Crippen LogP contribution in [0.3, 0.4) is 0 Å². The second-order valence-corrected chi connectivity index (χ2v) is 9.37. The van der Waals surface area contributed by atoms with Gasteiger partial charge in [-0.15, -0.1) is 0 Å². The fraction of sp³-hybridized carbons (Fsp3) is 0.381. The number of rotatable bonds is 7. The van der Waals surface area contributed by atoms with E-state index in [0.717, 1.165) is 17.7 Å². The third-order valence-corrected chi connectivity index (χ3v) is 6.36. The number of halogens is 1. The maximum Gasteiger partial charge on any atom is 0.312 e. The molecule has 0 saturated carbocycles. The molecule has 2 atom stereocenters. The summed E-state index contributed by atoms with van der Waals surface area (Å²) < 4.78 is 50.0. The van der Waals surface area contributed by atoms with Crippen molar-refractivity contribution >= 4 is 21.7 Å². The van der Waals surface area contributed by atoms with Gasteiger partial charge in [0.05, 0.1) is 4.92 Å². The van der Waals surface area contributed by atoms with Gasteiger partial charge < -0.3 is 9.64 Å². The Kier molecular flexibility index (Phi) is 7.30. The van der Waals surface area contributed by atoms with Crippen molar-refractivity contribution in [3.63, 3.8) is 0 Å². The number of benzene rings is 2. The standard InChI is InChI=1S/C21H24FN3O7S/c1-14-11-24(15(2)10-23(14)12-16-3-5-17(22)6-4-16)21(26)13-32-20-8-7-18(33(29,30)31)9-19(20)25(27)28/h3-9,14-15H,10-13H2,1-2H3,(H,29,30,31)/t14-,15+/m1/s1. The van der Waals surface area contributed by atoms with E-state index in [1.54, 1.807) is 17.0 Å². The Bertz CT molecular complexity index is 1140. The van der Waals surface area contributed by atoms with Gasteiger partial charge in [-0.2, -0.15) is 8.42 Å². The summed E-state index contributed by atoms with van der Waals surface area (Å²) in [6.45, 7) is 4.97. The van der Waals surface area contributed by atoms with Crippen LogP contribution in [0.15, 0.2) is 47.4 Å². The molecule has 1 amide bonds. The lowest BCUT2D eigenvalue weighted by atomic mass is 10.1. The van der Waals surface area contributed by atoms with E-state index in [-0.39, 0.29) is 29.6 Å². The maximum atomic E-state index is 13.1. The van der Waals surface area contributed by atoms with Crippen LogP contribution in [0.1, 0.15) is 19.4 Å². The summed E-state index contributed by atoms with van der Waals surface area (Å²) in [7, 11) is -4.63.